The quantitative estimate of drug-likeness (QED) is 0.0721. The summed E-state index contributed by atoms with van der Waals surface area (Å²) in [4.78, 5) is 33.6. The number of rotatable bonds is 14. The zero-order valence-corrected chi connectivity index (χ0v) is 37.0. The lowest BCUT2D eigenvalue weighted by Gasteiger charge is -2.44. The average molecular weight is 836 g/mol. The van der Waals surface area contributed by atoms with Crippen LogP contribution in [-0.4, -0.2) is 59.3 Å². The molecule has 0 N–H and O–H groups in total. The fourth-order valence-corrected chi connectivity index (χ4v) is 7.18. The summed E-state index contributed by atoms with van der Waals surface area (Å²) in [6, 6.07) is 23.4. The molecule has 0 aromatic heterocycles. The molecule has 5 nitrogen and oxygen atoms in total. The minimum atomic E-state index is -4.42. The van der Waals surface area contributed by atoms with Gasteiger partial charge < -0.3 is 9.80 Å². The molecule has 0 aliphatic carbocycles. The zero-order chi connectivity index (χ0) is 45.0. The van der Waals surface area contributed by atoms with Gasteiger partial charge in [-0.1, -0.05) is 101 Å². The van der Waals surface area contributed by atoms with Crippen LogP contribution in [0.1, 0.15) is 115 Å². The molecule has 60 heavy (non-hydrogen) atoms. The van der Waals surface area contributed by atoms with E-state index in [2.05, 4.69) is 45.8 Å². The molecular weight excluding hydrogens is 770 g/mol. The summed E-state index contributed by atoms with van der Waals surface area (Å²) in [5.74, 6) is -2.12. The number of ketones is 1. The second-order valence-corrected chi connectivity index (χ2v) is 15.4. The number of alkyl halides is 3. The Morgan fingerprint density at radius 3 is 1.90 bits per heavy atom. The van der Waals surface area contributed by atoms with Crippen LogP contribution in [0.4, 0.5) is 27.6 Å². The molecule has 0 bridgehead atoms. The highest BCUT2D eigenvalue weighted by molar-refractivity contribution is 6.00. The smallest absolute Gasteiger partial charge is 0.359 e. The van der Waals surface area contributed by atoms with E-state index in [-0.39, 0.29) is 48.3 Å². The molecule has 0 spiro atoms. The van der Waals surface area contributed by atoms with Crippen LogP contribution >= 0.6 is 0 Å². The highest BCUT2D eigenvalue weighted by atomic mass is 19.4. The Hall–Kier alpha value is -4.83. The van der Waals surface area contributed by atoms with Gasteiger partial charge in [-0.15, -0.1) is 13.2 Å². The van der Waals surface area contributed by atoms with Gasteiger partial charge in [0.15, 0.2) is 17.4 Å². The third-order valence-corrected chi connectivity index (χ3v) is 10.3. The van der Waals surface area contributed by atoms with Gasteiger partial charge in [-0.3, -0.25) is 14.5 Å². The zero-order valence-electron chi connectivity index (χ0n) is 37.0. The lowest BCUT2D eigenvalue weighted by Crippen LogP contribution is -2.55. The van der Waals surface area contributed by atoms with E-state index in [1.807, 2.05) is 67.0 Å². The summed E-state index contributed by atoms with van der Waals surface area (Å²) in [7, 11) is 0. The number of hydrogen-bond donors (Lipinski definition) is 0. The molecule has 1 saturated heterocycles. The number of Topliss-reactive ketones (excluding diaryl/α,β-unsaturated/α-hetero) is 1. The van der Waals surface area contributed by atoms with Crippen molar-refractivity contribution in [1.82, 2.24) is 9.80 Å². The Labute approximate surface area is 356 Å². The van der Waals surface area contributed by atoms with Crippen LogP contribution in [0.25, 0.3) is 11.1 Å². The molecular formula is C50H66F5N3O2. The van der Waals surface area contributed by atoms with E-state index in [9.17, 15) is 31.5 Å². The average Bonchev–Trinajstić information content (AvgIpc) is 3.25. The molecule has 10 heteroatoms. The summed E-state index contributed by atoms with van der Waals surface area (Å²) < 4.78 is 68.0. The van der Waals surface area contributed by atoms with E-state index in [4.69, 9.17) is 0 Å². The molecule has 1 heterocycles. The number of carbonyl (C=O) groups excluding carboxylic acids is 2. The van der Waals surface area contributed by atoms with E-state index < -0.39 is 23.4 Å². The first-order valence-corrected chi connectivity index (χ1v) is 21.1. The molecule has 4 aromatic carbocycles. The number of anilines is 1. The third-order valence-electron chi connectivity index (χ3n) is 10.3. The number of carbonyl (C=O) groups is 2. The van der Waals surface area contributed by atoms with Crippen molar-refractivity contribution in [3.63, 3.8) is 0 Å². The van der Waals surface area contributed by atoms with E-state index in [0.29, 0.717) is 29.8 Å². The maximum atomic E-state index is 14.6. The topological polar surface area (TPSA) is 43.9 Å². The molecule has 1 fully saturated rings. The van der Waals surface area contributed by atoms with Gasteiger partial charge >= 0.3 is 6.18 Å². The molecule has 0 saturated carbocycles. The molecule has 1 aliphatic heterocycles. The maximum Gasteiger partial charge on any atom is 0.416 e. The molecule has 1 amide bonds. The van der Waals surface area contributed by atoms with Crippen molar-refractivity contribution < 1.29 is 31.5 Å². The number of aryl methyl sites for hydroxylation is 1. The normalized spacial score (nSPS) is 13.3. The first-order valence-electron chi connectivity index (χ1n) is 21.1. The molecule has 1 atom stereocenters. The number of halogens is 5. The van der Waals surface area contributed by atoms with Gasteiger partial charge in [-0.2, -0.15) is 13.2 Å². The minimum absolute atomic E-state index is 0.0587. The van der Waals surface area contributed by atoms with Crippen molar-refractivity contribution in [2.45, 2.75) is 118 Å². The standard InChI is InChI=1S/C43H48F5N3O2.C3H8.C2H6.C2H4/c1-30(15-18-35-11-10-13-38(44)41(35)45)51(39-14-7-6-12-37(39)31(2)52)28-40(53)49(29-42(3,4)50-25-8-5-9-26-50)27-32-16-19-33(20-17-32)34-21-23-36(24-22-34)43(46,47)48;1-3-2;2*1-2/h6-7,10-14,16-17,19-24,30H,5,8-9,15,18,25-29H2,1-4H3;3H2,1-2H3;1-2H3;1-2H2. The van der Waals surface area contributed by atoms with E-state index >= 15 is 0 Å². The Bertz CT molecular complexity index is 1890. The third kappa shape index (κ3) is 15.0. The lowest BCUT2D eigenvalue weighted by molar-refractivity contribution is -0.137. The summed E-state index contributed by atoms with van der Waals surface area (Å²) in [6.45, 7) is 24.5. The number of hydrogen-bond acceptors (Lipinski definition) is 4. The van der Waals surface area contributed by atoms with Crippen LogP contribution in [-0.2, 0) is 23.9 Å². The first-order chi connectivity index (χ1) is 28.5. The SMILES string of the molecule is C=C.CC.CC(=O)c1ccccc1N(CC(=O)N(Cc1ccc(-c2ccc(C(F)(F)F)cc2)cc1)CC(C)(C)N1CCCCC1)C(C)CCc1cccc(F)c1F.CCC. The van der Waals surface area contributed by atoms with Crippen molar-refractivity contribution in [1.29, 1.82) is 0 Å². The second-order valence-electron chi connectivity index (χ2n) is 15.4. The van der Waals surface area contributed by atoms with Crippen LogP contribution in [0, 0.1) is 11.6 Å². The number of likely N-dealkylation sites (tertiary alicyclic amines) is 1. The van der Waals surface area contributed by atoms with Gasteiger partial charge in [-0.05, 0) is 119 Å². The summed E-state index contributed by atoms with van der Waals surface area (Å²) in [5.41, 5.74) is 2.50. The Morgan fingerprint density at radius 2 is 1.35 bits per heavy atom. The minimum Gasteiger partial charge on any atom is -0.359 e. The van der Waals surface area contributed by atoms with Crippen LogP contribution < -0.4 is 4.90 Å². The number of amides is 1. The van der Waals surface area contributed by atoms with Crippen LogP contribution in [0.15, 0.2) is 104 Å². The highest BCUT2D eigenvalue weighted by Gasteiger charge is 2.34. The van der Waals surface area contributed by atoms with E-state index in [1.165, 1.54) is 38.0 Å². The Kier molecular flexibility index (Phi) is 21.4. The van der Waals surface area contributed by atoms with E-state index in [0.717, 1.165) is 55.3 Å². The number of nitrogens with zero attached hydrogens (tertiary/aromatic N) is 3. The number of benzene rings is 4. The van der Waals surface area contributed by atoms with Gasteiger partial charge in [0, 0.05) is 35.9 Å². The van der Waals surface area contributed by atoms with Crippen LogP contribution in [0.2, 0.25) is 0 Å². The fraction of sp³-hybridized carbons (Fsp3) is 0.440. The molecule has 1 aliphatic rings. The van der Waals surface area contributed by atoms with E-state index in [1.54, 1.807) is 18.2 Å². The van der Waals surface area contributed by atoms with Crippen LogP contribution in [0.5, 0.6) is 0 Å². The lowest BCUT2D eigenvalue weighted by atomic mass is 9.97. The van der Waals surface area contributed by atoms with Gasteiger partial charge in [-0.25, -0.2) is 8.78 Å². The van der Waals surface area contributed by atoms with Crippen molar-refractivity contribution in [3.05, 3.63) is 138 Å². The monoisotopic (exact) mass is 836 g/mol. The Balaban J connectivity index is 0.00000167. The van der Waals surface area contributed by atoms with Crippen LogP contribution in [0.3, 0.4) is 0 Å². The first kappa shape index (κ1) is 51.3. The van der Waals surface area contributed by atoms with Gasteiger partial charge in [0.05, 0.1) is 12.1 Å². The molecule has 0 radical (unpaired) electrons. The van der Waals surface area contributed by atoms with Crippen molar-refractivity contribution in [3.8, 4) is 11.1 Å². The van der Waals surface area contributed by atoms with Crippen molar-refractivity contribution in [2.75, 3.05) is 31.1 Å². The maximum absolute atomic E-state index is 14.6. The molecule has 1 unspecified atom stereocenters. The molecule has 4 aromatic rings. The predicted octanol–water partition coefficient (Wildman–Crippen LogP) is 13.2. The van der Waals surface area contributed by atoms with Gasteiger partial charge in [0.25, 0.3) is 0 Å². The number of piperidine rings is 1. The molecule has 328 valence electrons. The van der Waals surface area contributed by atoms with Crippen molar-refractivity contribution in [2.24, 2.45) is 0 Å². The van der Waals surface area contributed by atoms with Gasteiger partial charge in [0.2, 0.25) is 5.91 Å². The summed E-state index contributed by atoms with van der Waals surface area (Å²) in [6.07, 6.45) is 0.798. The second kappa shape index (κ2) is 25.1. The summed E-state index contributed by atoms with van der Waals surface area (Å²) >= 11 is 0. The largest absolute Gasteiger partial charge is 0.416 e. The Morgan fingerprint density at radius 1 is 0.800 bits per heavy atom. The predicted molar refractivity (Wildman–Crippen MR) is 238 cm³/mol. The molecule has 5 rings (SSSR count). The highest BCUT2D eigenvalue weighted by Crippen LogP contribution is 2.32. The van der Waals surface area contributed by atoms with Gasteiger partial charge in [0.1, 0.15) is 0 Å². The van der Waals surface area contributed by atoms with Crippen molar-refractivity contribution >= 4 is 17.4 Å². The fourth-order valence-electron chi connectivity index (χ4n) is 7.18. The summed E-state index contributed by atoms with van der Waals surface area (Å²) in [5, 5.41) is 0. The number of para-hydroxylation sites is 1.